The molecular formula is C30H46N4O+2. The maximum Gasteiger partial charge on any atom is 0.310 e. The van der Waals surface area contributed by atoms with Crippen LogP contribution in [0, 0.1) is 6.92 Å². The van der Waals surface area contributed by atoms with Crippen molar-refractivity contribution in [2.45, 2.75) is 84.5 Å². The van der Waals surface area contributed by atoms with Crippen LogP contribution in [-0.4, -0.2) is 79.3 Å². The maximum atomic E-state index is 10.4. The lowest BCUT2D eigenvalue weighted by Crippen LogP contribution is -2.53. The summed E-state index contributed by atoms with van der Waals surface area (Å²) in [7, 11) is 6.42. The van der Waals surface area contributed by atoms with E-state index in [2.05, 4.69) is 115 Å². The van der Waals surface area contributed by atoms with Gasteiger partial charge >= 0.3 is 5.84 Å². The van der Waals surface area contributed by atoms with Crippen LogP contribution in [0.5, 0.6) is 0 Å². The van der Waals surface area contributed by atoms with Crippen molar-refractivity contribution in [2.24, 2.45) is 0 Å². The van der Waals surface area contributed by atoms with Crippen LogP contribution in [0.4, 0.5) is 0 Å². The minimum Gasteiger partial charge on any atom is -0.255 e. The quantitative estimate of drug-likeness (QED) is 0.601. The zero-order valence-corrected chi connectivity index (χ0v) is 23.9. The molecule has 0 radical (unpaired) electrons. The van der Waals surface area contributed by atoms with Gasteiger partial charge < -0.3 is 0 Å². The molecule has 0 atom stereocenters. The molecule has 2 aliphatic heterocycles. The topological polar surface area (TPSA) is 32.7 Å². The smallest absolute Gasteiger partial charge is 0.255 e. The first kappa shape index (κ1) is 26.9. The number of nitrogens with zero attached hydrogens (tertiary/aromatic N) is 4. The molecule has 0 fully saturated rings. The molecule has 0 aromatic heterocycles. The average molecular weight is 479 g/mol. The molecule has 5 heteroatoms. The second-order valence-electron chi connectivity index (χ2n) is 12.1. The highest BCUT2D eigenvalue weighted by Crippen LogP contribution is 2.37. The van der Waals surface area contributed by atoms with Gasteiger partial charge in [-0.25, -0.2) is 5.21 Å². The summed E-state index contributed by atoms with van der Waals surface area (Å²) >= 11 is 0. The van der Waals surface area contributed by atoms with Crippen molar-refractivity contribution < 1.29 is 14.4 Å². The first-order valence-electron chi connectivity index (χ1n) is 12.6. The highest BCUT2D eigenvalue weighted by molar-refractivity contribution is 5.96. The summed E-state index contributed by atoms with van der Waals surface area (Å²) in [5.41, 5.74) is 3.41. The zero-order valence-electron chi connectivity index (χ0n) is 23.9. The lowest BCUT2D eigenvalue weighted by molar-refractivity contribution is -0.573. The molecule has 2 aromatic carbocycles. The van der Waals surface area contributed by atoms with Crippen LogP contribution in [0.15, 0.2) is 54.6 Å². The SMILES string of the molecule is C[N+]1=C(c2ccccc2)N(O)C(C)(C)C1(C)C.Cc1ccc(C2=[N+](C)C(C)(C)C(C)(C)N2C)cc1. The average Bonchev–Trinajstić information content (AvgIpc) is 2.99. The molecule has 5 nitrogen and oxygen atoms in total. The minimum absolute atomic E-state index is 0.113. The molecule has 0 unspecified atom stereocenters. The standard InChI is InChI=1S/C16H25N2.C14H21N2O/c1-12-8-10-13(11-9-12)14-17(6)15(2,3)16(4,5)18(14)7;1-13(2)14(3,4)16(17)12(15(13)5)11-9-7-6-8-10-11/h8-11H,1-7H3;6-10,17H,1-5H3/q2*+1. The van der Waals surface area contributed by atoms with E-state index in [0.717, 1.165) is 11.4 Å². The van der Waals surface area contributed by atoms with E-state index < -0.39 is 0 Å². The van der Waals surface area contributed by atoms with Crippen molar-refractivity contribution in [3.63, 3.8) is 0 Å². The third-order valence-electron chi connectivity index (χ3n) is 9.54. The monoisotopic (exact) mass is 478 g/mol. The van der Waals surface area contributed by atoms with E-state index in [1.165, 1.54) is 22.0 Å². The van der Waals surface area contributed by atoms with Crippen LogP contribution < -0.4 is 0 Å². The fraction of sp³-hybridized carbons (Fsp3) is 0.533. The normalized spacial score (nSPS) is 21.9. The van der Waals surface area contributed by atoms with Crippen molar-refractivity contribution in [3.8, 4) is 0 Å². The molecule has 2 aliphatic rings. The molecule has 35 heavy (non-hydrogen) atoms. The molecule has 190 valence electrons. The van der Waals surface area contributed by atoms with E-state index >= 15 is 0 Å². The van der Waals surface area contributed by atoms with E-state index in [9.17, 15) is 5.21 Å². The number of hydrogen-bond donors (Lipinski definition) is 1. The Morgan fingerprint density at radius 2 is 1.06 bits per heavy atom. The van der Waals surface area contributed by atoms with Crippen molar-refractivity contribution in [2.75, 3.05) is 21.1 Å². The van der Waals surface area contributed by atoms with Crippen LogP contribution in [0.25, 0.3) is 0 Å². The van der Waals surface area contributed by atoms with E-state index in [1.54, 1.807) is 0 Å². The molecule has 0 aliphatic carbocycles. The van der Waals surface area contributed by atoms with Gasteiger partial charge in [0.05, 0.1) is 32.3 Å². The second kappa shape index (κ2) is 8.77. The summed E-state index contributed by atoms with van der Waals surface area (Å²) < 4.78 is 4.54. The number of aryl methyl sites for hydroxylation is 1. The number of hydrogen-bond acceptors (Lipinski definition) is 3. The second-order valence-corrected chi connectivity index (χ2v) is 12.1. The van der Waals surface area contributed by atoms with Crippen LogP contribution in [-0.2, 0) is 0 Å². The fourth-order valence-corrected chi connectivity index (χ4v) is 4.91. The summed E-state index contributed by atoms with van der Waals surface area (Å²) in [6, 6.07) is 18.8. The molecule has 1 N–H and O–H groups in total. The fourth-order valence-electron chi connectivity index (χ4n) is 4.91. The van der Waals surface area contributed by atoms with Crippen LogP contribution in [0.2, 0.25) is 0 Å². The van der Waals surface area contributed by atoms with Crippen molar-refractivity contribution in [3.05, 3.63) is 71.3 Å². The summed E-state index contributed by atoms with van der Waals surface area (Å²) in [4.78, 5) is 2.40. The van der Waals surface area contributed by atoms with E-state index in [1.807, 2.05) is 37.4 Å². The number of benzene rings is 2. The Balaban J connectivity index is 0.000000196. The molecule has 0 amide bonds. The van der Waals surface area contributed by atoms with Gasteiger partial charge in [0, 0.05) is 0 Å². The van der Waals surface area contributed by atoms with Gasteiger partial charge in [-0.2, -0.15) is 0 Å². The minimum atomic E-state index is -0.326. The molecule has 2 aromatic rings. The predicted octanol–water partition coefficient (Wildman–Crippen LogP) is 5.22. The third kappa shape index (κ3) is 4.08. The van der Waals surface area contributed by atoms with Gasteiger partial charge in [0.2, 0.25) is 0 Å². The first-order chi connectivity index (χ1) is 16.0. The van der Waals surface area contributed by atoms with Gasteiger partial charge in [-0.15, -0.1) is 5.06 Å². The third-order valence-corrected chi connectivity index (χ3v) is 9.54. The van der Waals surface area contributed by atoms with Crippen LogP contribution in [0.3, 0.4) is 0 Å². The van der Waals surface area contributed by atoms with E-state index in [-0.39, 0.29) is 22.2 Å². The van der Waals surface area contributed by atoms with Gasteiger partial charge in [-0.3, -0.25) is 14.1 Å². The van der Waals surface area contributed by atoms with Gasteiger partial charge in [-0.05, 0) is 86.6 Å². The van der Waals surface area contributed by atoms with Gasteiger partial charge in [0.1, 0.15) is 16.6 Å². The largest absolute Gasteiger partial charge is 0.310 e. The van der Waals surface area contributed by atoms with Crippen molar-refractivity contribution >= 4 is 11.7 Å². The number of rotatable bonds is 2. The van der Waals surface area contributed by atoms with Gasteiger partial charge in [0.25, 0.3) is 5.84 Å². The van der Waals surface area contributed by atoms with Crippen LogP contribution >= 0.6 is 0 Å². The van der Waals surface area contributed by atoms with E-state index in [4.69, 9.17) is 0 Å². The maximum absolute atomic E-state index is 10.4. The molecule has 2 heterocycles. The molecule has 0 spiro atoms. The Hall–Kier alpha value is -2.66. The zero-order chi connectivity index (χ0) is 26.6. The van der Waals surface area contributed by atoms with Crippen molar-refractivity contribution in [1.82, 2.24) is 9.96 Å². The Bertz CT molecular complexity index is 1140. The van der Waals surface area contributed by atoms with Crippen molar-refractivity contribution in [1.29, 1.82) is 0 Å². The van der Waals surface area contributed by atoms with E-state index in [0.29, 0.717) is 0 Å². The number of amidine groups is 2. The van der Waals surface area contributed by atoms with Gasteiger partial charge in [0.15, 0.2) is 5.54 Å². The van der Waals surface area contributed by atoms with Gasteiger partial charge in [-0.1, -0.05) is 35.9 Å². The molecular weight excluding hydrogens is 432 g/mol. The predicted molar refractivity (Wildman–Crippen MR) is 146 cm³/mol. The Labute approximate surface area is 213 Å². The highest BCUT2D eigenvalue weighted by atomic mass is 16.5. The summed E-state index contributed by atoms with van der Waals surface area (Å²) in [5, 5.41) is 11.8. The number of hydroxylamine groups is 2. The van der Waals surface area contributed by atoms with Crippen LogP contribution in [0.1, 0.15) is 72.1 Å². The first-order valence-corrected chi connectivity index (χ1v) is 12.6. The summed E-state index contributed by atoms with van der Waals surface area (Å²) in [6.45, 7) is 19.8. The summed E-state index contributed by atoms with van der Waals surface area (Å²) in [6.07, 6.45) is 0. The molecule has 0 saturated carbocycles. The highest BCUT2D eigenvalue weighted by Gasteiger charge is 2.59. The number of likely N-dealkylation sites (N-methyl/N-ethyl adjacent to an activating group) is 3. The Morgan fingerprint density at radius 1 is 0.629 bits per heavy atom. The lowest BCUT2D eigenvalue weighted by atomic mass is 9.83. The Kier molecular flexibility index (Phi) is 6.75. The summed E-state index contributed by atoms with van der Waals surface area (Å²) in [5.74, 6) is 2.17. The Morgan fingerprint density at radius 3 is 1.46 bits per heavy atom. The molecule has 0 saturated heterocycles. The molecule has 0 bridgehead atoms. The molecule has 4 rings (SSSR count). The lowest BCUT2D eigenvalue weighted by Gasteiger charge is -2.34.